The number of hydrogen-bond acceptors (Lipinski definition) is 3. The molecule has 1 saturated carbocycles. The predicted octanol–water partition coefficient (Wildman–Crippen LogP) is 1.85. The Morgan fingerprint density at radius 3 is 2.47 bits per heavy atom. The van der Waals surface area contributed by atoms with Crippen molar-refractivity contribution in [3.05, 3.63) is 0 Å². The van der Waals surface area contributed by atoms with E-state index >= 15 is 0 Å². The summed E-state index contributed by atoms with van der Waals surface area (Å²) in [5.41, 5.74) is -0.241. The monoisotopic (exact) mass is 287 g/mol. The fraction of sp³-hybridized carbons (Fsp3) is 0.929. The lowest BCUT2D eigenvalue weighted by atomic mass is 10.0. The minimum atomic E-state index is -2.99. The average Bonchev–Trinajstić information content (AvgIpc) is 2.87. The van der Waals surface area contributed by atoms with Crippen LogP contribution in [0.5, 0.6) is 0 Å². The fourth-order valence-corrected chi connectivity index (χ4v) is 4.87. The highest BCUT2D eigenvalue weighted by Crippen LogP contribution is 2.50. The molecule has 1 aliphatic carbocycles. The van der Waals surface area contributed by atoms with Crippen molar-refractivity contribution in [1.82, 2.24) is 4.90 Å². The van der Waals surface area contributed by atoms with E-state index in [2.05, 4.69) is 13.8 Å². The number of amides is 1. The van der Waals surface area contributed by atoms with Gasteiger partial charge in [0.15, 0.2) is 0 Å². The first-order chi connectivity index (χ1) is 8.75. The second-order valence-electron chi connectivity index (χ2n) is 6.70. The second kappa shape index (κ2) is 5.08. The Balaban J connectivity index is 1.98. The predicted molar refractivity (Wildman–Crippen MR) is 75.6 cm³/mol. The van der Waals surface area contributed by atoms with Gasteiger partial charge in [-0.15, -0.1) is 0 Å². The number of carbonyl (C=O) groups excluding carboxylic acids is 1. The zero-order valence-corrected chi connectivity index (χ0v) is 13.0. The molecule has 1 amide bonds. The van der Waals surface area contributed by atoms with Crippen LogP contribution >= 0.6 is 0 Å². The molecule has 0 bridgehead atoms. The normalized spacial score (nSPS) is 29.5. The van der Waals surface area contributed by atoms with Gasteiger partial charge in [0.05, 0.1) is 5.75 Å². The van der Waals surface area contributed by atoms with E-state index in [-0.39, 0.29) is 17.1 Å². The van der Waals surface area contributed by atoms with Gasteiger partial charge in [-0.1, -0.05) is 13.8 Å². The molecule has 110 valence electrons. The molecule has 0 N–H and O–H groups in total. The molecule has 0 aromatic carbocycles. The van der Waals surface area contributed by atoms with Gasteiger partial charge in [-0.3, -0.25) is 4.79 Å². The van der Waals surface area contributed by atoms with Crippen LogP contribution in [0.4, 0.5) is 0 Å². The summed E-state index contributed by atoms with van der Waals surface area (Å²) in [4.78, 5) is 14.4. The fourth-order valence-electron chi connectivity index (χ4n) is 3.37. The maximum atomic E-state index is 12.4. The van der Waals surface area contributed by atoms with Crippen LogP contribution in [0, 0.1) is 11.3 Å². The van der Waals surface area contributed by atoms with E-state index in [1.807, 2.05) is 4.90 Å². The molecule has 0 radical (unpaired) electrons. The molecule has 2 atom stereocenters. The molecule has 0 spiro atoms. The summed E-state index contributed by atoms with van der Waals surface area (Å²) in [5, 5.41) is 0. The van der Waals surface area contributed by atoms with Crippen LogP contribution in [0.15, 0.2) is 0 Å². The van der Waals surface area contributed by atoms with Gasteiger partial charge >= 0.3 is 0 Å². The third kappa shape index (κ3) is 3.71. The SMILES string of the molecule is CC[C@@H]1C[C@@H](C)CN1C(=O)CC1(CS(C)(=O)=O)CC1. The Hall–Kier alpha value is -0.580. The van der Waals surface area contributed by atoms with Crippen molar-refractivity contribution >= 4 is 15.7 Å². The molecular weight excluding hydrogens is 262 g/mol. The van der Waals surface area contributed by atoms with E-state index in [0.29, 0.717) is 18.4 Å². The highest BCUT2D eigenvalue weighted by molar-refractivity contribution is 7.90. The molecule has 0 unspecified atom stereocenters. The number of carbonyl (C=O) groups is 1. The van der Waals surface area contributed by atoms with Crippen LogP contribution in [0.25, 0.3) is 0 Å². The molecule has 1 aliphatic heterocycles. The lowest BCUT2D eigenvalue weighted by Gasteiger charge is -2.26. The van der Waals surface area contributed by atoms with Gasteiger partial charge < -0.3 is 4.90 Å². The van der Waals surface area contributed by atoms with Crippen molar-refractivity contribution in [1.29, 1.82) is 0 Å². The molecule has 0 aromatic rings. The van der Waals surface area contributed by atoms with E-state index in [0.717, 1.165) is 32.2 Å². The maximum absolute atomic E-state index is 12.4. The van der Waals surface area contributed by atoms with Crippen molar-refractivity contribution < 1.29 is 13.2 Å². The molecule has 0 aromatic heterocycles. The highest BCUT2D eigenvalue weighted by atomic mass is 32.2. The smallest absolute Gasteiger partial charge is 0.223 e. The summed E-state index contributed by atoms with van der Waals surface area (Å²) in [6, 6.07) is 0.358. The van der Waals surface area contributed by atoms with E-state index in [1.54, 1.807) is 0 Å². The van der Waals surface area contributed by atoms with Crippen molar-refractivity contribution in [3.63, 3.8) is 0 Å². The lowest BCUT2D eigenvalue weighted by molar-refractivity contribution is -0.133. The summed E-state index contributed by atoms with van der Waals surface area (Å²) in [6.07, 6.45) is 5.53. The first kappa shape index (κ1) is 14.8. The average molecular weight is 287 g/mol. The summed E-state index contributed by atoms with van der Waals surface area (Å²) in [6.45, 7) is 5.14. The van der Waals surface area contributed by atoms with Crippen LogP contribution < -0.4 is 0 Å². The van der Waals surface area contributed by atoms with Gasteiger partial charge in [-0.05, 0) is 37.0 Å². The summed E-state index contributed by atoms with van der Waals surface area (Å²) in [5.74, 6) is 0.905. The van der Waals surface area contributed by atoms with Gasteiger partial charge in [0.25, 0.3) is 0 Å². The first-order valence-corrected chi connectivity index (χ1v) is 9.28. The molecule has 1 saturated heterocycles. The van der Waals surface area contributed by atoms with E-state index in [9.17, 15) is 13.2 Å². The number of nitrogens with zero attached hydrogens (tertiary/aromatic N) is 1. The highest BCUT2D eigenvalue weighted by Gasteiger charge is 2.48. The Bertz CT molecular complexity index is 453. The number of rotatable bonds is 5. The summed E-state index contributed by atoms with van der Waals surface area (Å²) >= 11 is 0. The van der Waals surface area contributed by atoms with Crippen molar-refractivity contribution in [2.45, 2.75) is 52.0 Å². The van der Waals surface area contributed by atoms with Crippen LogP contribution in [0.3, 0.4) is 0 Å². The number of likely N-dealkylation sites (tertiary alicyclic amines) is 1. The van der Waals surface area contributed by atoms with Crippen LogP contribution in [0.1, 0.15) is 46.0 Å². The van der Waals surface area contributed by atoms with Crippen molar-refractivity contribution in [2.75, 3.05) is 18.6 Å². The Morgan fingerprint density at radius 2 is 2.00 bits per heavy atom. The molecule has 1 heterocycles. The Labute approximate surface area is 116 Å². The molecule has 5 heteroatoms. The number of sulfone groups is 1. The number of hydrogen-bond donors (Lipinski definition) is 0. The van der Waals surface area contributed by atoms with Gasteiger partial charge in [0, 0.05) is 25.3 Å². The first-order valence-electron chi connectivity index (χ1n) is 7.22. The zero-order valence-electron chi connectivity index (χ0n) is 12.2. The molecular formula is C14H25NO3S. The molecule has 2 rings (SSSR count). The van der Waals surface area contributed by atoms with Gasteiger partial charge in [0.2, 0.25) is 5.91 Å². The van der Waals surface area contributed by atoms with E-state index in [1.165, 1.54) is 6.26 Å². The molecule has 4 nitrogen and oxygen atoms in total. The minimum Gasteiger partial charge on any atom is -0.339 e. The van der Waals surface area contributed by atoms with Crippen molar-refractivity contribution in [2.24, 2.45) is 11.3 Å². The van der Waals surface area contributed by atoms with Gasteiger partial charge in [0.1, 0.15) is 9.84 Å². The second-order valence-corrected chi connectivity index (χ2v) is 8.84. The van der Waals surface area contributed by atoms with Crippen LogP contribution in [-0.4, -0.2) is 43.8 Å². The third-order valence-corrected chi connectivity index (χ3v) is 5.60. The Kier molecular flexibility index (Phi) is 3.96. The van der Waals surface area contributed by atoms with Gasteiger partial charge in [-0.25, -0.2) is 8.42 Å². The zero-order chi connectivity index (χ0) is 14.3. The Morgan fingerprint density at radius 1 is 1.37 bits per heavy atom. The molecule has 2 fully saturated rings. The van der Waals surface area contributed by atoms with Gasteiger partial charge in [-0.2, -0.15) is 0 Å². The standard InChI is InChI=1S/C14H25NO3S/c1-4-12-7-11(2)9-15(12)13(16)8-14(5-6-14)10-19(3,17)18/h11-12H,4-10H2,1-3H3/t11-,12-/m1/s1. The summed E-state index contributed by atoms with van der Waals surface area (Å²) < 4.78 is 22.9. The summed E-state index contributed by atoms with van der Waals surface area (Å²) in [7, 11) is -2.99. The lowest BCUT2D eigenvalue weighted by Crippen LogP contribution is -2.37. The maximum Gasteiger partial charge on any atom is 0.223 e. The van der Waals surface area contributed by atoms with E-state index in [4.69, 9.17) is 0 Å². The minimum absolute atomic E-state index is 0.164. The van der Waals surface area contributed by atoms with Crippen molar-refractivity contribution in [3.8, 4) is 0 Å². The van der Waals surface area contributed by atoms with Crippen LogP contribution in [-0.2, 0) is 14.6 Å². The van der Waals surface area contributed by atoms with E-state index < -0.39 is 9.84 Å². The third-order valence-electron chi connectivity index (χ3n) is 4.47. The molecule has 2 aliphatic rings. The quantitative estimate of drug-likeness (QED) is 0.775. The molecule has 19 heavy (non-hydrogen) atoms. The largest absolute Gasteiger partial charge is 0.339 e. The van der Waals surface area contributed by atoms with Crippen LogP contribution in [0.2, 0.25) is 0 Å². The topological polar surface area (TPSA) is 54.5 Å².